The highest BCUT2D eigenvalue weighted by atomic mass is 16.2. The Labute approximate surface area is 175 Å². The summed E-state index contributed by atoms with van der Waals surface area (Å²) in [7, 11) is 4.20. The summed E-state index contributed by atoms with van der Waals surface area (Å²) in [4.78, 5) is 19.4. The molecule has 2 aliphatic heterocycles. The molecule has 29 heavy (non-hydrogen) atoms. The van der Waals surface area contributed by atoms with Crippen molar-refractivity contribution >= 4 is 16.7 Å². The molecule has 0 radical (unpaired) electrons. The average molecular weight is 394 g/mol. The summed E-state index contributed by atoms with van der Waals surface area (Å²) in [5.74, 6) is 0.368. The van der Waals surface area contributed by atoms with Crippen molar-refractivity contribution in [3.05, 3.63) is 48.0 Å². The molecule has 2 saturated heterocycles. The van der Waals surface area contributed by atoms with Gasteiger partial charge in [0.15, 0.2) is 0 Å². The Morgan fingerprint density at radius 1 is 1.00 bits per heavy atom. The second-order valence-electron chi connectivity index (χ2n) is 9.43. The summed E-state index contributed by atoms with van der Waals surface area (Å²) < 4.78 is 0. The average Bonchev–Trinajstić information content (AvgIpc) is 2.72. The fourth-order valence-corrected chi connectivity index (χ4v) is 5.07. The van der Waals surface area contributed by atoms with E-state index in [1.165, 1.54) is 29.2 Å². The molecule has 1 amide bonds. The summed E-state index contributed by atoms with van der Waals surface area (Å²) in [5.41, 5.74) is 1.76. The topological polar surface area (TPSA) is 26.8 Å². The monoisotopic (exact) mass is 393 g/mol. The Morgan fingerprint density at radius 2 is 1.76 bits per heavy atom. The van der Waals surface area contributed by atoms with Gasteiger partial charge >= 0.3 is 0 Å². The van der Waals surface area contributed by atoms with Crippen molar-refractivity contribution in [2.75, 3.05) is 46.8 Å². The summed E-state index contributed by atoms with van der Waals surface area (Å²) in [6.45, 7) is 6.27. The van der Waals surface area contributed by atoms with Gasteiger partial charge in [-0.3, -0.25) is 9.69 Å². The Bertz CT molecular complexity index is 839. The van der Waals surface area contributed by atoms with Gasteiger partial charge in [0.25, 0.3) is 0 Å². The third-order valence-corrected chi connectivity index (χ3v) is 6.92. The van der Waals surface area contributed by atoms with Crippen LogP contribution in [0.1, 0.15) is 37.7 Å². The van der Waals surface area contributed by atoms with Gasteiger partial charge in [-0.1, -0.05) is 36.4 Å². The Morgan fingerprint density at radius 3 is 2.52 bits per heavy atom. The molecule has 2 heterocycles. The van der Waals surface area contributed by atoms with Crippen LogP contribution in [0.3, 0.4) is 0 Å². The lowest BCUT2D eigenvalue weighted by Gasteiger charge is -2.47. The minimum Gasteiger partial charge on any atom is -0.342 e. The number of hydrogen-bond acceptors (Lipinski definition) is 3. The lowest BCUT2D eigenvalue weighted by molar-refractivity contribution is -0.139. The number of benzene rings is 2. The van der Waals surface area contributed by atoms with Gasteiger partial charge < -0.3 is 9.80 Å². The minimum atomic E-state index is 0.353. The van der Waals surface area contributed by atoms with E-state index in [0.717, 1.165) is 58.5 Å². The maximum atomic E-state index is 12.4. The maximum Gasteiger partial charge on any atom is 0.222 e. The molecule has 2 fully saturated rings. The molecule has 0 unspecified atom stereocenters. The van der Waals surface area contributed by atoms with Crippen LogP contribution >= 0.6 is 0 Å². The summed E-state index contributed by atoms with van der Waals surface area (Å²) in [5, 5.41) is 2.65. The van der Waals surface area contributed by atoms with E-state index in [9.17, 15) is 4.79 Å². The molecule has 4 heteroatoms. The van der Waals surface area contributed by atoms with Crippen LogP contribution in [0.4, 0.5) is 0 Å². The normalized spacial score (nSPS) is 20.1. The first-order valence-corrected chi connectivity index (χ1v) is 11.2. The molecule has 4 rings (SSSR count). The number of likely N-dealkylation sites (tertiary alicyclic amines) is 2. The molecular formula is C25H35N3O. The van der Waals surface area contributed by atoms with Crippen molar-refractivity contribution in [2.45, 2.75) is 38.6 Å². The van der Waals surface area contributed by atoms with Crippen LogP contribution in [-0.4, -0.2) is 67.4 Å². The van der Waals surface area contributed by atoms with Crippen molar-refractivity contribution < 1.29 is 4.79 Å². The standard InChI is InChI=1S/C25H35N3O/c1-26(2)14-5-15-28-20-25(11-10-24(28)29)12-16-27(17-13-25)19-21-8-9-22-6-3-4-7-23(22)18-21/h3-4,6-9,18H,5,10-17,19-20H2,1-2H3. The molecule has 0 aliphatic carbocycles. The maximum absolute atomic E-state index is 12.4. The van der Waals surface area contributed by atoms with Crippen LogP contribution < -0.4 is 0 Å². The van der Waals surface area contributed by atoms with E-state index in [0.29, 0.717) is 11.3 Å². The Balaban J connectivity index is 1.32. The highest BCUT2D eigenvalue weighted by Crippen LogP contribution is 2.40. The van der Waals surface area contributed by atoms with Crippen LogP contribution in [0.15, 0.2) is 42.5 Å². The van der Waals surface area contributed by atoms with Crippen LogP contribution in [0.25, 0.3) is 10.8 Å². The highest BCUT2D eigenvalue weighted by Gasteiger charge is 2.40. The molecule has 0 saturated carbocycles. The number of piperidine rings is 2. The fraction of sp³-hybridized carbons (Fsp3) is 0.560. The third-order valence-electron chi connectivity index (χ3n) is 6.92. The number of rotatable bonds is 6. The largest absolute Gasteiger partial charge is 0.342 e. The molecule has 2 aromatic carbocycles. The molecule has 1 spiro atoms. The van der Waals surface area contributed by atoms with E-state index in [-0.39, 0.29) is 0 Å². The zero-order chi connectivity index (χ0) is 20.3. The zero-order valence-electron chi connectivity index (χ0n) is 18.1. The molecule has 156 valence electrons. The second-order valence-corrected chi connectivity index (χ2v) is 9.43. The van der Waals surface area contributed by atoms with Crippen molar-refractivity contribution in [1.29, 1.82) is 0 Å². The zero-order valence-corrected chi connectivity index (χ0v) is 18.1. The van der Waals surface area contributed by atoms with Crippen LogP contribution in [-0.2, 0) is 11.3 Å². The minimum absolute atomic E-state index is 0.353. The molecule has 0 atom stereocenters. The second kappa shape index (κ2) is 8.85. The van der Waals surface area contributed by atoms with Crippen LogP contribution in [0.2, 0.25) is 0 Å². The predicted octanol–water partition coefficient (Wildman–Crippen LogP) is 4.00. The number of carbonyl (C=O) groups excluding carboxylic acids is 1. The molecule has 0 bridgehead atoms. The number of fused-ring (bicyclic) bond motifs is 1. The van der Waals surface area contributed by atoms with Gasteiger partial charge in [-0.25, -0.2) is 0 Å². The quantitative estimate of drug-likeness (QED) is 0.742. The molecule has 0 aromatic heterocycles. The van der Waals surface area contributed by atoms with Gasteiger partial charge in [-0.2, -0.15) is 0 Å². The first-order chi connectivity index (χ1) is 14.0. The molecule has 2 aliphatic rings. The number of hydrogen-bond donors (Lipinski definition) is 0. The summed E-state index contributed by atoms with van der Waals surface area (Å²) in [6, 6.07) is 15.5. The van der Waals surface area contributed by atoms with E-state index in [4.69, 9.17) is 0 Å². The molecule has 0 N–H and O–H groups in total. The van der Waals surface area contributed by atoms with Gasteiger partial charge in [0.1, 0.15) is 0 Å². The van der Waals surface area contributed by atoms with Crippen molar-refractivity contribution in [2.24, 2.45) is 5.41 Å². The SMILES string of the molecule is CN(C)CCCN1CC2(CCC1=O)CCN(Cc1ccc3ccccc3c1)CC2. The van der Waals surface area contributed by atoms with E-state index in [1.807, 2.05) is 0 Å². The summed E-state index contributed by atoms with van der Waals surface area (Å²) >= 11 is 0. The third kappa shape index (κ3) is 4.99. The fourth-order valence-electron chi connectivity index (χ4n) is 5.07. The summed E-state index contributed by atoms with van der Waals surface area (Å²) in [6.07, 6.45) is 5.34. The lowest BCUT2D eigenvalue weighted by Crippen LogP contribution is -2.51. The molecular weight excluding hydrogens is 358 g/mol. The lowest BCUT2D eigenvalue weighted by atomic mass is 9.72. The van der Waals surface area contributed by atoms with Gasteiger partial charge in [0.2, 0.25) is 5.91 Å². The van der Waals surface area contributed by atoms with Crippen molar-refractivity contribution in [1.82, 2.24) is 14.7 Å². The number of nitrogens with zero attached hydrogens (tertiary/aromatic N) is 3. The predicted molar refractivity (Wildman–Crippen MR) is 120 cm³/mol. The molecule has 2 aromatic rings. The van der Waals surface area contributed by atoms with Gasteiger partial charge in [0.05, 0.1) is 0 Å². The van der Waals surface area contributed by atoms with Gasteiger partial charge in [-0.15, -0.1) is 0 Å². The van der Waals surface area contributed by atoms with Crippen molar-refractivity contribution in [3.8, 4) is 0 Å². The Kier molecular flexibility index (Phi) is 6.21. The van der Waals surface area contributed by atoms with E-state index >= 15 is 0 Å². The van der Waals surface area contributed by atoms with E-state index in [1.54, 1.807) is 0 Å². The van der Waals surface area contributed by atoms with Crippen LogP contribution in [0.5, 0.6) is 0 Å². The Hall–Kier alpha value is -1.91. The molecule has 4 nitrogen and oxygen atoms in total. The van der Waals surface area contributed by atoms with Crippen molar-refractivity contribution in [3.63, 3.8) is 0 Å². The smallest absolute Gasteiger partial charge is 0.222 e. The first-order valence-electron chi connectivity index (χ1n) is 11.2. The van der Waals surface area contributed by atoms with E-state index < -0.39 is 0 Å². The first kappa shape index (κ1) is 20.4. The van der Waals surface area contributed by atoms with Gasteiger partial charge in [-0.05, 0) is 87.2 Å². The number of amides is 1. The van der Waals surface area contributed by atoms with Crippen LogP contribution in [0, 0.1) is 5.41 Å². The van der Waals surface area contributed by atoms with Gasteiger partial charge in [0, 0.05) is 26.1 Å². The van der Waals surface area contributed by atoms with E-state index in [2.05, 4.69) is 71.3 Å². The number of carbonyl (C=O) groups is 1. The highest BCUT2D eigenvalue weighted by molar-refractivity contribution is 5.83.